The highest BCUT2D eigenvalue weighted by Gasteiger charge is 2.18. The number of hydrogen-bond donors (Lipinski definition) is 0. The molecule has 0 amide bonds. The summed E-state index contributed by atoms with van der Waals surface area (Å²) in [6.45, 7) is 0.215. The molecule has 0 spiro atoms. The first-order valence-electron chi connectivity index (χ1n) is 7.25. The smallest absolute Gasteiger partial charge is 0.248 e. The highest BCUT2D eigenvalue weighted by molar-refractivity contribution is 14.1. The Balaban J connectivity index is 1.76. The van der Waals surface area contributed by atoms with Crippen LogP contribution in [0.3, 0.4) is 0 Å². The lowest BCUT2D eigenvalue weighted by molar-refractivity contribution is 0.275. The molecule has 4 aromatic rings. The summed E-state index contributed by atoms with van der Waals surface area (Å²) in [6, 6.07) is 6.36. The van der Waals surface area contributed by atoms with Gasteiger partial charge in [0.1, 0.15) is 27.8 Å². The largest absolute Gasteiger partial charge is 0.468 e. The van der Waals surface area contributed by atoms with Gasteiger partial charge in [0.15, 0.2) is 11.6 Å². The van der Waals surface area contributed by atoms with Crippen LogP contribution in [0.15, 0.2) is 36.8 Å². The molecule has 0 unspecified atom stereocenters. The minimum atomic E-state index is -0.392. The van der Waals surface area contributed by atoms with Crippen LogP contribution in [0.5, 0.6) is 5.88 Å². The molecule has 0 aliphatic heterocycles. The molecule has 8 nitrogen and oxygen atoms in total. The maximum Gasteiger partial charge on any atom is 0.248 e. The number of aromatic nitrogens is 7. The van der Waals surface area contributed by atoms with E-state index in [1.807, 2.05) is 0 Å². The van der Waals surface area contributed by atoms with Crippen LogP contribution in [-0.4, -0.2) is 34.6 Å². The predicted octanol–water partition coefficient (Wildman–Crippen LogP) is 2.24. The predicted molar refractivity (Wildman–Crippen MR) is 94.2 cm³/mol. The minimum absolute atomic E-state index is 0.215. The van der Waals surface area contributed by atoms with Crippen molar-refractivity contribution in [3.8, 4) is 17.3 Å². The standard InChI is InChI=1S/C15H11FIN7O/c1-23-12(18-8-20-23)7-25-15-13(17)11-6-19-21-14(24(11)22-15)9-4-2-3-5-10(9)16/h2-6,8H,7H2,1H3. The molecule has 0 aliphatic rings. The van der Waals surface area contributed by atoms with E-state index in [9.17, 15) is 4.39 Å². The Morgan fingerprint density at radius 1 is 1.28 bits per heavy atom. The molecule has 1 aromatic carbocycles. The average molecular weight is 451 g/mol. The molecule has 25 heavy (non-hydrogen) atoms. The number of nitrogens with zero attached hydrogens (tertiary/aromatic N) is 7. The zero-order valence-electron chi connectivity index (χ0n) is 13.0. The molecular weight excluding hydrogens is 440 g/mol. The quantitative estimate of drug-likeness (QED) is 0.443. The Hall–Kier alpha value is -2.63. The first kappa shape index (κ1) is 15.9. The molecular formula is C15H11FIN7O. The molecule has 3 heterocycles. The van der Waals surface area contributed by atoms with E-state index in [0.29, 0.717) is 28.6 Å². The zero-order valence-corrected chi connectivity index (χ0v) is 15.1. The minimum Gasteiger partial charge on any atom is -0.468 e. The summed E-state index contributed by atoms with van der Waals surface area (Å²) < 4.78 is 23.8. The van der Waals surface area contributed by atoms with Gasteiger partial charge < -0.3 is 4.74 Å². The zero-order chi connectivity index (χ0) is 17.4. The van der Waals surface area contributed by atoms with Gasteiger partial charge in [-0.3, -0.25) is 4.68 Å². The molecule has 0 N–H and O–H groups in total. The Kier molecular flexibility index (Phi) is 4.03. The molecule has 0 bridgehead atoms. The maximum absolute atomic E-state index is 14.1. The molecule has 0 radical (unpaired) electrons. The van der Waals surface area contributed by atoms with Crippen molar-refractivity contribution in [3.05, 3.63) is 52.0 Å². The fraction of sp³-hybridized carbons (Fsp3) is 0.133. The van der Waals surface area contributed by atoms with Gasteiger partial charge in [-0.05, 0) is 34.7 Å². The number of benzene rings is 1. The van der Waals surface area contributed by atoms with Crippen LogP contribution in [0, 0.1) is 9.39 Å². The monoisotopic (exact) mass is 451 g/mol. The van der Waals surface area contributed by atoms with Crippen molar-refractivity contribution in [3.63, 3.8) is 0 Å². The number of ether oxygens (including phenoxy) is 1. The Morgan fingerprint density at radius 3 is 2.88 bits per heavy atom. The summed E-state index contributed by atoms with van der Waals surface area (Å²) in [5.41, 5.74) is 1.00. The van der Waals surface area contributed by atoms with E-state index in [-0.39, 0.29) is 6.61 Å². The summed E-state index contributed by atoms with van der Waals surface area (Å²) in [5.74, 6) is 0.979. The van der Waals surface area contributed by atoms with Gasteiger partial charge in [-0.25, -0.2) is 13.9 Å². The Labute approximate surface area is 154 Å². The van der Waals surface area contributed by atoms with E-state index in [4.69, 9.17) is 4.74 Å². The van der Waals surface area contributed by atoms with Gasteiger partial charge in [-0.1, -0.05) is 12.1 Å². The van der Waals surface area contributed by atoms with Gasteiger partial charge in [-0.15, -0.1) is 10.2 Å². The summed E-state index contributed by atoms with van der Waals surface area (Å²) in [7, 11) is 1.78. The van der Waals surface area contributed by atoms with Crippen molar-refractivity contribution in [1.29, 1.82) is 0 Å². The molecule has 0 saturated carbocycles. The van der Waals surface area contributed by atoms with Crippen LogP contribution >= 0.6 is 22.6 Å². The van der Waals surface area contributed by atoms with Gasteiger partial charge in [0, 0.05) is 7.05 Å². The second-order valence-electron chi connectivity index (χ2n) is 5.15. The normalized spacial score (nSPS) is 11.2. The molecule has 0 aliphatic carbocycles. The lowest BCUT2D eigenvalue weighted by Gasteiger charge is -2.03. The molecule has 0 fully saturated rings. The Morgan fingerprint density at radius 2 is 2.12 bits per heavy atom. The SMILES string of the molecule is Cn1ncnc1COc1nn2c(-c3ccccc3F)nncc2c1I. The first-order valence-corrected chi connectivity index (χ1v) is 8.33. The van der Waals surface area contributed by atoms with E-state index in [2.05, 4.69) is 48.0 Å². The van der Waals surface area contributed by atoms with Crippen LogP contribution in [0.2, 0.25) is 0 Å². The average Bonchev–Trinajstić information content (AvgIpc) is 3.17. The van der Waals surface area contributed by atoms with Crippen LogP contribution in [-0.2, 0) is 13.7 Å². The second kappa shape index (κ2) is 6.35. The van der Waals surface area contributed by atoms with E-state index < -0.39 is 5.82 Å². The number of hydrogen-bond acceptors (Lipinski definition) is 6. The van der Waals surface area contributed by atoms with Crippen LogP contribution in [0.1, 0.15) is 5.82 Å². The van der Waals surface area contributed by atoms with Gasteiger partial charge >= 0.3 is 0 Å². The first-order chi connectivity index (χ1) is 12.1. The molecule has 3 aromatic heterocycles. The summed E-state index contributed by atoms with van der Waals surface area (Å²) in [4.78, 5) is 4.11. The van der Waals surface area contributed by atoms with E-state index in [0.717, 1.165) is 3.57 Å². The third-order valence-corrected chi connectivity index (χ3v) is 4.64. The number of rotatable bonds is 4. The van der Waals surface area contributed by atoms with Gasteiger partial charge in [0.25, 0.3) is 0 Å². The van der Waals surface area contributed by atoms with Gasteiger partial charge in [0.05, 0.1) is 11.8 Å². The fourth-order valence-corrected chi connectivity index (χ4v) is 2.96. The highest BCUT2D eigenvalue weighted by atomic mass is 127. The lowest BCUT2D eigenvalue weighted by atomic mass is 10.2. The summed E-state index contributed by atoms with van der Waals surface area (Å²) in [5, 5.41) is 16.4. The van der Waals surface area contributed by atoms with E-state index >= 15 is 0 Å². The molecule has 10 heteroatoms. The van der Waals surface area contributed by atoms with Crippen molar-refractivity contribution in [1.82, 2.24) is 34.6 Å². The van der Waals surface area contributed by atoms with E-state index in [1.165, 1.54) is 16.9 Å². The van der Waals surface area contributed by atoms with Crippen LogP contribution < -0.4 is 4.74 Å². The van der Waals surface area contributed by atoms with Gasteiger partial charge in [0.2, 0.25) is 5.88 Å². The number of aryl methyl sites for hydroxylation is 1. The van der Waals surface area contributed by atoms with Crippen molar-refractivity contribution in [2.24, 2.45) is 7.05 Å². The molecule has 0 saturated heterocycles. The van der Waals surface area contributed by atoms with Crippen molar-refractivity contribution < 1.29 is 9.13 Å². The van der Waals surface area contributed by atoms with Crippen LogP contribution in [0.4, 0.5) is 4.39 Å². The van der Waals surface area contributed by atoms with Crippen molar-refractivity contribution >= 4 is 28.1 Å². The lowest BCUT2D eigenvalue weighted by Crippen LogP contribution is -2.05. The Bertz CT molecular complexity index is 1060. The topological polar surface area (TPSA) is 83.0 Å². The van der Waals surface area contributed by atoms with E-state index in [1.54, 1.807) is 36.1 Å². The third kappa shape index (κ3) is 2.81. The van der Waals surface area contributed by atoms with Crippen molar-refractivity contribution in [2.75, 3.05) is 0 Å². The summed E-state index contributed by atoms with van der Waals surface area (Å²) >= 11 is 2.12. The maximum atomic E-state index is 14.1. The summed E-state index contributed by atoms with van der Waals surface area (Å²) in [6.07, 6.45) is 3.02. The molecule has 4 rings (SSSR count). The number of fused-ring (bicyclic) bond motifs is 1. The van der Waals surface area contributed by atoms with Crippen LogP contribution in [0.25, 0.3) is 16.9 Å². The molecule has 126 valence electrons. The highest BCUT2D eigenvalue weighted by Crippen LogP contribution is 2.28. The van der Waals surface area contributed by atoms with Crippen molar-refractivity contribution in [2.45, 2.75) is 6.61 Å². The fourth-order valence-electron chi connectivity index (χ4n) is 2.33. The number of halogens is 2. The second-order valence-corrected chi connectivity index (χ2v) is 6.23. The van der Waals surface area contributed by atoms with Gasteiger partial charge in [-0.2, -0.15) is 10.2 Å². The third-order valence-electron chi connectivity index (χ3n) is 3.62. The molecule has 0 atom stereocenters.